The molecule has 0 atom stereocenters. The normalized spacial score (nSPS) is 11.3. The van der Waals surface area contributed by atoms with Gasteiger partial charge in [-0.2, -0.15) is 0 Å². The van der Waals surface area contributed by atoms with Crippen LogP contribution < -0.4 is 0 Å². The second-order valence-electron chi connectivity index (χ2n) is 6.54. The first-order valence-corrected chi connectivity index (χ1v) is 10.00. The molecule has 0 bridgehead atoms. The molecule has 0 unspecified atom stereocenters. The van der Waals surface area contributed by atoms with Gasteiger partial charge in [0.1, 0.15) is 0 Å². The molecule has 0 aliphatic carbocycles. The molecule has 1 amide bonds. The second kappa shape index (κ2) is 7.69. The van der Waals surface area contributed by atoms with Crippen LogP contribution in [0.4, 0.5) is 0 Å². The number of aromatic nitrogens is 3. The zero-order valence-corrected chi connectivity index (χ0v) is 16.9. The summed E-state index contributed by atoms with van der Waals surface area (Å²) >= 11 is 7.71. The quantitative estimate of drug-likeness (QED) is 0.458. The van der Waals surface area contributed by atoms with Gasteiger partial charge in [0, 0.05) is 11.6 Å². The van der Waals surface area contributed by atoms with Crippen molar-refractivity contribution in [2.75, 3.05) is 0 Å². The van der Waals surface area contributed by atoms with Gasteiger partial charge in [-0.05, 0) is 44.2 Å². The number of halogens is 1. The summed E-state index contributed by atoms with van der Waals surface area (Å²) in [7, 11) is 0. The predicted molar refractivity (Wildman–Crippen MR) is 109 cm³/mol. The van der Waals surface area contributed by atoms with E-state index >= 15 is 0 Å². The van der Waals surface area contributed by atoms with E-state index in [1.807, 2.05) is 44.2 Å². The van der Waals surface area contributed by atoms with Crippen molar-refractivity contribution in [1.82, 2.24) is 20.1 Å². The van der Waals surface area contributed by atoms with Gasteiger partial charge in [-0.15, -0.1) is 21.5 Å². The largest absolute Gasteiger partial charge is 0.419 e. The molecule has 2 heterocycles. The third-order valence-electron chi connectivity index (χ3n) is 4.34. The van der Waals surface area contributed by atoms with Gasteiger partial charge in [0.05, 0.1) is 32.9 Å². The van der Waals surface area contributed by atoms with Gasteiger partial charge in [0.15, 0.2) is 0 Å². The van der Waals surface area contributed by atoms with E-state index in [0.717, 1.165) is 10.2 Å². The van der Waals surface area contributed by atoms with Crippen LogP contribution in [0.15, 0.2) is 52.4 Å². The molecular weight excluding hydrogens is 396 g/mol. The maximum atomic E-state index is 13.1. The Morgan fingerprint density at radius 2 is 2.04 bits per heavy atom. The molecular formula is C20H17ClN4O2S. The summed E-state index contributed by atoms with van der Waals surface area (Å²) in [6.45, 7) is 4.12. The van der Waals surface area contributed by atoms with Crippen LogP contribution in [0.25, 0.3) is 21.7 Å². The number of thiazole rings is 1. The monoisotopic (exact) mass is 412 g/mol. The summed E-state index contributed by atoms with van der Waals surface area (Å²) < 4.78 is 6.75. The van der Waals surface area contributed by atoms with Crippen molar-refractivity contribution in [2.45, 2.75) is 26.4 Å². The van der Waals surface area contributed by atoms with Gasteiger partial charge in [-0.1, -0.05) is 23.7 Å². The van der Waals surface area contributed by atoms with E-state index in [-0.39, 0.29) is 18.5 Å². The Hall–Kier alpha value is -2.77. The Kier molecular flexibility index (Phi) is 5.11. The molecule has 8 heteroatoms. The van der Waals surface area contributed by atoms with E-state index < -0.39 is 0 Å². The standard InChI is InChI=1S/C20H17ClN4O2S/c1-12(2)25(20(26)13-7-8-16-17(9-13)28-11-22-16)10-18-23-24-19(27-18)14-5-3-4-6-15(14)21/h3-9,11-12H,10H2,1-2H3. The summed E-state index contributed by atoms with van der Waals surface area (Å²) in [5, 5.41) is 8.71. The van der Waals surface area contributed by atoms with Crippen LogP contribution in [0.5, 0.6) is 0 Å². The molecule has 2 aromatic heterocycles. The lowest BCUT2D eigenvalue weighted by molar-refractivity contribution is 0.0672. The van der Waals surface area contributed by atoms with Crippen LogP contribution in [0.1, 0.15) is 30.1 Å². The average Bonchev–Trinajstić information content (AvgIpc) is 3.34. The highest BCUT2D eigenvalue weighted by Crippen LogP contribution is 2.27. The van der Waals surface area contributed by atoms with Gasteiger partial charge in [0.2, 0.25) is 11.8 Å². The molecule has 0 fully saturated rings. The number of rotatable bonds is 5. The van der Waals surface area contributed by atoms with Crippen LogP contribution in [0, 0.1) is 0 Å². The molecule has 4 rings (SSSR count). The van der Waals surface area contributed by atoms with E-state index in [1.165, 1.54) is 11.3 Å². The van der Waals surface area contributed by atoms with Crippen molar-refractivity contribution in [3.8, 4) is 11.5 Å². The minimum atomic E-state index is -0.0946. The Labute approximate surface area is 170 Å². The number of hydrogen-bond donors (Lipinski definition) is 0. The highest BCUT2D eigenvalue weighted by Gasteiger charge is 2.22. The maximum absolute atomic E-state index is 13.1. The first-order chi connectivity index (χ1) is 13.5. The van der Waals surface area contributed by atoms with Gasteiger partial charge >= 0.3 is 0 Å². The van der Waals surface area contributed by atoms with E-state index in [4.69, 9.17) is 16.0 Å². The molecule has 0 saturated heterocycles. The fourth-order valence-corrected chi connectivity index (χ4v) is 3.78. The van der Waals surface area contributed by atoms with E-state index in [0.29, 0.717) is 27.9 Å². The Bertz CT molecular complexity index is 1140. The van der Waals surface area contributed by atoms with Crippen LogP contribution >= 0.6 is 22.9 Å². The predicted octanol–water partition coefficient (Wildman–Crippen LogP) is 5.05. The summed E-state index contributed by atoms with van der Waals surface area (Å²) in [6.07, 6.45) is 0. The lowest BCUT2D eigenvalue weighted by Crippen LogP contribution is -2.36. The van der Waals surface area contributed by atoms with Crippen molar-refractivity contribution in [2.24, 2.45) is 0 Å². The second-order valence-corrected chi connectivity index (χ2v) is 7.84. The third-order valence-corrected chi connectivity index (χ3v) is 5.46. The number of carbonyl (C=O) groups excluding carboxylic acids is 1. The van der Waals surface area contributed by atoms with E-state index in [2.05, 4.69) is 15.2 Å². The van der Waals surface area contributed by atoms with Crippen LogP contribution in [0.2, 0.25) is 5.02 Å². The molecule has 142 valence electrons. The summed E-state index contributed by atoms with van der Waals surface area (Å²) in [4.78, 5) is 19.0. The molecule has 28 heavy (non-hydrogen) atoms. The molecule has 0 aliphatic rings. The highest BCUT2D eigenvalue weighted by molar-refractivity contribution is 7.16. The lowest BCUT2D eigenvalue weighted by atomic mass is 10.1. The molecule has 2 aromatic carbocycles. The van der Waals surface area contributed by atoms with Crippen LogP contribution in [-0.2, 0) is 6.54 Å². The molecule has 0 radical (unpaired) electrons. The fourth-order valence-electron chi connectivity index (χ4n) is 2.85. The number of hydrogen-bond acceptors (Lipinski definition) is 6. The lowest BCUT2D eigenvalue weighted by Gasteiger charge is -2.25. The first kappa shape index (κ1) is 18.6. The number of fused-ring (bicyclic) bond motifs is 1. The fraction of sp³-hybridized carbons (Fsp3) is 0.200. The van der Waals surface area contributed by atoms with Gasteiger partial charge < -0.3 is 9.32 Å². The Morgan fingerprint density at radius 1 is 1.21 bits per heavy atom. The number of benzene rings is 2. The van der Waals surface area contributed by atoms with Gasteiger partial charge in [-0.25, -0.2) is 4.98 Å². The molecule has 6 nitrogen and oxygen atoms in total. The molecule has 0 aliphatic heterocycles. The van der Waals surface area contributed by atoms with Crippen molar-refractivity contribution in [3.63, 3.8) is 0 Å². The van der Waals surface area contributed by atoms with Gasteiger partial charge in [-0.3, -0.25) is 4.79 Å². The molecule has 0 spiro atoms. The van der Waals surface area contributed by atoms with Crippen molar-refractivity contribution in [3.05, 3.63) is 64.5 Å². The topological polar surface area (TPSA) is 72.1 Å². The minimum absolute atomic E-state index is 0.0414. The zero-order valence-electron chi connectivity index (χ0n) is 15.3. The zero-order chi connectivity index (χ0) is 19.7. The Balaban J connectivity index is 1.59. The number of carbonyl (C=O) groups is 1. The smallest absolute Gasteiger partial charge is 0.254 e. The SMILES string of the molecule is CC(C)N(Cc1nnc(-c2ccccc2Cl)o1)C(=O)c1ccc2ncsc2c1. The van der Waals surface area contributed by atoms with Crippen LogP contribution in [0.3, 0.4) is 0 Å². The maximum Gasteiger partial charge on any atom is 0.254 e. The minimum Gasteiger partial charge on any atom is -0.419 e. The van der Waals surface area contributed by atoms with E-state index in [1.54, 1.807) is 22.5 Å². The summed E-state index contributed by atoms with van der Waals surface area (Å²) in [5.74, 6) is 0.599. The highest BCUT2D eigenvalue weighted by atomic mass is 35.5. The first-order valence-electron chi connectivity index (χ1n) is 8.74. The van der Waals surface area contributed by atoms with Gasteiger partial charge in [0.25, 0.3) is 5.91 Å². The van der Waals surface area contributed by atoms with Crippen LogP contribution in [-0.4, -0.2) is 32.0 Å². The molecule has 0 saturated carbocycles. The number of nitrogens with zero attached hydrogens (tertiary/aromatic N) is 4. The van der Waals surface area contributed by atoms with Crippen molar-refractivity contribution >= 4 is 39.1 Å². The van der Waals surface area contributed by atoms with Crippen molar-refractivity contribution in [1.29, 1.82) is 0 Å². The molecule has 0 N–H and O–H groups in total. The molecule has 4 aromatic rings. The third kappa shape index (κ3) is 3.63. The number of amides is 1. The summed E-state index contributed by atoms with van der Waals surface area (Å²) in [5.41, 5.74) is 3.93. The average molecular weight is 413 g/mol. The van der Waals surface area contributed by atoms with Crippen molar-refractivity contribution < 1.29 is 9.21 Å². The Morgan fingerprint density at radius 3 is 2.82 bits per heavy atom. The summed E-state index contributed by atoms with van der Waals surface area (Å²) in [6, 6.07) is 12.7. The van der Waals surface area contributed by atoms with E-state index in [9.17, 15) is 4.79 Å².